The maximum Gasteiger partial charge on any atom is 0.0840 e. The van der Waals surface area contributed by atoms with Crippen LogP contribution in [0, 0.1) is 19.8 Å². The highest BCUT2D eigenvalue weighted by Crippen LogP contribution is 2.29. The second-order valence-electron chi connectivity index (χ2n) is 6.58. The van der Waals surface area contributed by atoms with E-state index in [1.165, 1.54) is 24.9 Å². The SMILES string of the molecule is Cc1cc(C)nc(CC(=S)N2CCN(CC3CC3)CC2)c1. The number of piperazine rings is 1. The van der Waals surface area contributed by atoms with Crippen LogP contribution in [0.1, 0.15) is 29.8 Å². The summed E-state index contributed by atoms with van der Waals surface area (Å²) in [6.45, 7) is 9.97. The summed E-state index contributed by atoms with van der Waals surface area (Å²) in [6, 6.07) is 4.27. The van der Waals surface area contributed by atoms with Crippen molar-refractivity contribution in [1.82, 2.24) is 14.8 Å². The summed E-state index contributed by atoms with van der Waals surface area (Å²) in [6.07, 6.45) is 3.69. The first-order chi connectivity index (χ1) is 10.1. The third kappa shape index (κ3) is 4.24. The molecule has 0 unspecified atom stereocenters. The second-order valence-corrected chi connectivity index (χ2v) is 7.05. The molecule has 2 aliphatic rings. The van der Waals surface area contributed by atoms with E-state index in [1.54, 1.807) is 0 Å². The van der Waals surface area contributed by atoms with Crippen LogP contribution in [-0.2, 0) is 6.42 Å². The van der Waals surface area contributed by atoms with Gasteiger partial charge in [-0.2, -0.15) is 0 Å². The zero-order valence-corrected chi connectivity index (χ0v) is 14.0. The Morgan fingerprint density at radius 2 is 1.90 bits per heavy atom. The van der Waals surface area contributed by atoms with Crippen LogP contribution in [0.15, 0.2) is 12.1 Å². The maximum atomic E-state index is 5.65. The van der Waals surface area contributed by atoms with Crippen molar-refractivity contribution in [2.24, 2.45) is 5.92 Å². The molecule has 1 saturated heterocycles. The summed E-state index contributed by atoms with van der Waals surface area (Å²) in [5.74, 6) is 0.989. The zero-order valence-electron chi connectivity index (χ0n) is 13.1. The number of aromatic nitrogens is 1. The first kappa shape index (κ1) is 14.9. The summed E-state index contributed by atoms with van der Waals surface area (Å²) in [5, 5.41) is 0. The molecule has 0 N–H and O–H groups in total. The number of hydrogen-bond acceptors (Lipinski definition) is 3. The monoisotopic (exact) mass is 303 g/mol. The molecule has 1 aromatic heterocycles. The van der Waals surface area contributed by atoms with Gasteiger partial charge in [-0.15, -0.1) is 0 Å². The molecule has 21 heavy (non-hydrogen) atoms. The number of pyridine rings is 1. The molecule has 1 aliphatic carbocycles. The molecule has 2 heterocycles. The quantitative estimate of drug-likeness (QED) is 0.796. The van der Waals surface area contributed by atoms with Gasteiger partial charge in [-0.25, -0.2) is 0 Å². The molecule has 0 spiro atoms. The first-order valence-electron chi connectivity index (χ1n) is 8.04. The number of hydrogen-bond donors (Lipinski definition) is 0. The predicted molar refractivity (Wildman–Crippen MR) is 90.8 cm³/mol. The molecule has 0 aromatic carbocycles. The van der Waals surface area contributed by atoms with E-state index in [1.807, 2.05) is 0 Å². The van der Waals surface area contributed by atoms with Crippen molar-refractivity contribution in [3.8, 4) is 0 Å². The summed E-state index contributed by atoms with van der Waals surface area (Å²) in [4.78, 5) is 10.6. The van der Waals surface area contributed by atoms with E-state index in [0.29, 0.717) is 0 Å². The Morgan fingerprint density at radius 1 is 1.19 bits per heavy atom. The largest absolute Gasteiger partial charge is 0.363 e. The molecule has 0 bridgehead atoms. The van der Waals surface area contributed by atoms with Crippen LogP contribution in [-0.4, -0.2) is 52.5 Å². The van der Waals surface area contributed by atoms with Crippen molar-refractivity contribution < 1.29 is 0 Å². The fourth-order valence-electron chi connectivity index (χ4n) is 3.13. The summed E-state index contributed by atoms with van der Waals surface area (Å²) in [7, 11) is 0. The molecule has 0 atom stereocenters. The number of nitrogens with zero attached hydrogens (tertiary/aromatic N) is 3. The Morgan fingerprint density at radius 3 is 2.52 bits per heavy atom. The van der Waals surface area contributed by atoms with Crippen LogP contribution >= 0.6 is 12.2 Å². The molecule has 114 valence electrons. The van der Waals surface area contributed by atoms with E-state index in [-0.39, 0.29) is 0 Å². The van der Waals surface area contributed by atoms with Gasteiger partial charge in [0.05, 0.1) is 4.99 Å². The van der Waals surface area contributed by atoms with Crippen molar-refractivity contribution in [2.75, 3.05) is 32.7 Å². The van der Waals surface area contributed by atoms with Crippen LogP contribution < -0.4 is 0 Å². The van der Waals surface area contributed by atoms with Gasteiger partial charge in [0, 0.05) is 50.5 Å². The minimum Gasteiger partial charge on any atom is -0.363 e. The number of rotatable bonds is 4. The molecule has 0 amide bonds. The molecule has 3 rings (SSSR count). The van der Waals surface area contributed by atoms with E-state index in [0.717, 1.165) is 54.9 Å². The highest BCUT2D eigenvalue weighted by atomic mass is 32.1. The molecule has 4 heteroatoms. The van der Waals surface area contributed by atoms with E-state index in [9.17, 15) is 0 Å². The first-order valence-corrected chi connectivity index (χ1v) is 8.45. The van der Waals surface area contributed by atoms with Crippen LogP contribution in [0.5, 0.6) is 0 Å². The molecule has 1 aliphatic heterocycles. The van der Waals surface area contributed by atoms with Crippen molar-refractivity contribution in [3.63, 3.8) is 0 Å². The molecular weight excluding hydrogens is 278 g/mol. The maximum absolute atomic E-state index is 5.65. The Balaban J connectivity index is 1.51. The Hall–Kier alpha value is -1.00. The topological polar surface area (TPSA) is 19.4 Å². The molecular formula is C17H25N3S. The van der Waals surface area contributed by atoms with Gasteiger partial charge < -0.3 is 4.90 Å². The molecule has 1 saturated carbocycles. The van der Waals surface area contributed by atoms with Crippen molar-refractivity contribution >= 4 is 17.2 Å². The second kappa shape index (κ2) is 6.41. The Kier molecular flexibility index (Phi) is 4.55. The van der Waals surface area contributed by atoms with Crippen molar-refractivity contribution in [1.29, 1.82) is 0 Å². The Labute approximate surface area is 133 Å². The molecule has 2 fully saturated rings. The van der Waals surface area contributed by atoms with Gasteiger partial charge >= 0.3 is 0 Å². The lowest BCUT2D eigenvalue weighted by atomic mass is 10.1. The predicted octanol–water partition coefficient (Wildman–Crippen LogP) is 2.60. The van der Waals surface area contributed by atoms with E-state index >= 15 is 0 Å². The fraction of sp³-hybridized carbons (Fsp3) is 0.647. The number of thiocarbonyl (C=S) groups is 1. The van der Waals surface area contributed by atoms with Gasteiger partial charge in [0.2, 0.25) is 0 Å². The molecule has 1 aromatic rings. The van der Waals surface area contributed by atoms with E-state index in [2.05, 4.69) is 40.8 Å². The smallest absolute Gasteiger partial charge is 0.0840 e. The Bertz CT molecular complexity index is 497. The summed E-state index contributed by atoms with van der Waals surface area (Å²) < 4.78 is 0. The standard InChI is InChI=1S/C17H25N3S/c1-13-9-14(2)18-16(10-13)11-17(21)20-7-5-19(6-8-20)12-15-3-4-15/h9-10,15H,3-8,11-12H2,1-2H3. The lowest BCUT2D eigenvalue weighted by Crippen LogP contribution is -2.49. The van der Waals surface area contributed by atoms with Crippen LogP contribution in [0.4, 0.5) is 0 Å². The van der Waals surface area contributed by atoms with Gasteiger partial charge in [0.25, 0.3) is 0 Å². The van der Waals surface area contributed by atoms with Crippen LogP contribution in [0.25, 0.3) is 0 Å². The lowest BCUT2D eigenvalue weighted by Gasteiger charge is -2.36. The highest BCUT2D eigenvalue weighted by molar-refractivity contribution is 7.80. The summed E-state index contributed by atoms with van der Waals surface area (Å²) >= 11 is 5.65. The van der Waals surface area contributed by atoms with E-state index < -0.39 is 0 Å². The third-order valence-corrected chi connectivity index (χ3v) is 4.82. The lowest BCUT2D eigenvalue weighted by molar-refractivity contribution is 0.176. The van der Waals surface area contributed by atoms with Gasteiger partial charge in [-0.3, -0.25) is 9.88 Å². The van der Waals surface area contributed by atoms with Crippen LogP contribution in [0.3, 0.4) is 0 Å². The normalized spacial score (nSPS) is 19.8. The highest BCUT2D eigenvalue weighted by Gasteiger charge is 2.26. The van der Waals surface area contributed by atoms with E-state index in [4.69, 9.17) is 12.2 Å². The minimum absolute atomic E-state index is 0.806. The van der Waals surface area contributed by atoms with Gasteiger partial charge in [-0.05, 0) is 50.3 Å². The third-order valence-electron chi connectivity index (χ3n) is 4.42. The van der Waals surface area contributed by atoms with Crippen molar-refractivity contribution in [2.45, 2.75) is 33.1 Å². The van der Waals surface area contributed by atoms with Gasteiger partial charge in [0.1, 0.15) is 0 Å². The minimum atomic E-state index is 0.806. The summed E-state index contributed by atoms with van der Waals surface area (Å²) in [5.41, 5.74) is 3.47. The number of aryl methyl sites for hydroxylation is 2. The van der Waals surface area contributed by atoms with Gasteiger partial charge in [-0.1, -0.05) is 12.2 Å². The fourth-order valence-corrected chi connectivity index (χ4v) is 3.46. The molecule has 0 radical (unpaired) electrons. The van der Waals surface area contributed by atoms with Gasteiger partial charge in [0.15, 0.2) is 0 Å². The molecule has 3 nitrogen and oxygen atoms in total. The average Bonchev–Trinajstić information content (AvgIpc) is 3.22. The van der Waals surface area contributed by atoms with Crippen LogP contribution in [0.2, 0.25) is 0 Å². The van der Waals surface area contributed by atoms with Crippen molar-refractivity contribution in [3.05, 3.63) is 29.1 Å². The average molecular weight is 303 g/mol. The zero-order chi connectivity index (χ0) is 14.8.